The van der Waals surface area contributed by atoms with E-state index in [1.807, 2.05) is 42.5 Å². The minimum atomic E-state index is -0.154. The molecule has 0 bridgehead atoms. The fraction of sp³-hybridized carbons (Fsp3) is 0.259. The molecule has 0 aliphatic carbocycles. The lowest BCUT2D eigenvalue weighted by Gasteiger charge is -2.29. The molecule has 5 rings (SSSR count). The lowest BCUT2D eigenvalue weighted by atomic mass is 9.96. The summed E-state index contributed by atoms with van der Waals surface area (Å²) in [5.74, 6) is 1.13. The summed E-state index contributed by atoms with van der Waals surface area (Å²) in [7, 11) is 0. The highest BCUT2D eigenvalue weighted by atomic mass is 16.5. The lowest BCUT2D eigenvalue weighted by molar-refractivity contribution is 0.0792. The van der Waals surface area contributed by atoms with Gasteiger partial charge in [0, 0.05) is 30.8 Å². The Balaban J connectivity index is 1.39. The molecule has 1 fully saturated rings. The predicted molar refractivity (Wildman–Crippen MR) is 126 cm³/mol. The van der Waals surface area contributed by atoms with Crippen molar-refractivity contribution >= 4 is 0 Å². The van der Waals surface area contributed by atoms with Crippen molar-refractivity contribution < 1.29 is 9.63 Å². The topological polar surface area (TPSA) is 62.4 Å². The van der Waals surface area contributed by atoms with Gasteiger partial charge in [0.05, 0.1) is 6.10 Å². The van der Waals surface area contributed by atoms with Crippen molar-refractivity contribution in [2.45, 2.75) is 32.4 Å². The van der Waals surface area contributed by atoms with E-state index in [9.17, 15) is 5.11 Å². The van der Waals surface area contributed by atoms with E-state index in [1.165, 1.54) is 11.1 Å². The predicted octanol–water partition coefficient (Wildman–Crippen LogP) is 5.34. The summed E-state index contributed by atoms with van der Waals surface area (Å²) >= 11 is 0. The van der Waals surface area contributed by atoms with Crippen molar-refractivity contribution in [2.75, 3.05) is 13.1 Å². The SMILES string of the molecule is Cc1c(-c2ccccc2)cccc1-c1nc(-c2cccc(CN3CCC(O)CC3)c2)no1. The third-order valence-electron chi connectivity index (χ3n) is 6.22. The Morgan fingerprint density at radius 2 is 1.62 bits per heavy atom. The van der Waals surface area contributed by atoms with Crippen LogP contribution in [-0.4, -0.2) is 39.3 Å². The second-order valence-corrected chi connectivity index (χ2v) is 8.47. The average molecular weight is 426 g/mol. The highest BCUT2D eigenvalue weighted by Gasteiger charge is 2.18. The molecule has 0 amide bonds. The first-order valence-electron chi connectivity index (χ1n) is 11.2. The Hall–Kier alpha value is -3.28. The molecule has 1 N–H and O–H groups in total. The van der Waals surface area contributed by atoms with E-state index in [4.69, 9.17) is 9.51 Å². The molecule has 0 radical (unpaired) electrons. The number of rotatable bonds is 5. The van der Waals surface area contributed by atoms with Gasteiger partial charge in [0.15, 0.2) is 0 Å². The zero-order valence-electron chi connectivity index (χ0n) is 18.2. The van der Waals surface area contributed by atoms with E-state index in [0.717, 1.165) is 54.7 Å². The van der Waals surface area contributed by atoms with Crippen LogP contribution in [0.5, 0.6) is 0 Å². The average Bonchev–Trinajstić information content (AvgIpc) is 3.32. The van der Waals surface area contributed by atoms with Crippen molar-refractivity contribution in [2.24, 2.45) is 0 Å². The summed E-state index contributed by atoms with van der Waals surface area (Å²) in [6.07, 6.45) is 1.53. The van der Waals surface area contributed by atoms with Gasteiger partial charge in [-0.15, -0.1) is 0 Å². The minimum Gasteiger partial charge on any atom is -0.393 e. The van der Waals surface area contributed by atoms with Crippen molar-refractivity contribution in [1.82, 2.24) is 15.0 Å². The Labute approximate surface area is 188 Å². The number of piperidine rings is 1. The molecule has 162 valence electrons. The van der Waals surface area contributed by atoms with Gasteiger partial charge < -0.3 is 9.63 Å². The normalized spacial score (nSPS) is 15.2. The molecule has 5 heteroatoms. The minimum absolute atomic E-state index is 0.154. The first-order valence-corrected chi connectivity index (χ1v) is 11.2. The highest BCUT2D eigenvalue weighted by Crippen LogP contribution is 2.32. The zero-order chi connectivity index (χ0) is 21.9. The molecule has 0 atom stereocenters. The van der Waals surface area contributed by atoms with Crippen LogP contribution in [0.2, 0.25) is 0 Å². The van der Waals surface area contributed by atoms with Crippen LogP contribution in [0.1, 0.15) is 24.0 Å². The lowest BCUT2D eigenvalue weighted by Crippen LogP contribution is -2.35. The summed E-state index contributed by atoms with van der Waals surface area (Å²) in [5, 5.41) is 14.0. The fourth-order valence-corrected chi connectivity index (χ4v) is 4.39. The van der Waals surface area contributed by atoms with Gasteiger partial charge in [-0.05, 0) is 54.2 Å². The van der Waals surface area contributed by atoms with Gasteiger partial charge in [-0.2, -0.15) is 4.98 Å². The molecule has 0 saturated carbocycles. The molecule has 32 heavy (non-hydrogen) atoms. The van der Waals surface area contributed by atoms with Crippen molar-refractivity contribution in [3.63, 3.8) is 0 Å². The standard InChI is InChI=1S/C27H27N3O2/c1-19-24(21-8-3-2-4-9-21)11-6-12-25(19)27-28-26(29-32-27)22-10-5-7-20(17-22)18-30-15-13-23(31)14-16-30/h2-12,17,23,31H,13-16,18H2,1H3. The van der Waals surface area contributed by atoms with Gasteiger partial charge in [0.1, 0.15) is 0 Å². The Bertz CT molecular complexity index is 1190. The number of benzene rings is 3. The molecular formula is C27H27N3O2. The van der Waals surface area contributed by atoms with E-state index < -0.39 is 0 Å². The second-order valence-electron chi connectivity index (χ2n) is 8.47. The molecule has 0 spiro atoms. The summed E-state index contributed by atoms with van der Waals surface area (Å²) in [5.41, 5.74) is 6.57. The summed E-state index contributed by atoms with van der Waals surface area (Å²) in [6, 6.07) is 24.8. The summed E-state index contributed by atoms with van der Waals surface area (Å²) < 4.78 is 5.68. The number of hydrogen-bond acceptors (Lipinski definition) is 5. The van der Waals surface area contributed by atoms with E-state index in [1.54, 1.807) is 0 Å². The van der Waals surface area contributed by atoms with Gasteiger partial charge >= 0.3 is 0 Å². The van der Waals surface area contributed by atoms with E-state index in [-0.39, 0.29) is 6.10 Å². The number of nitrogens with zero attached hydrogens (tertiary/aromatic N) is 3. The number of aromatic nitrogens is 2. The monoisotopic (exact) mass is 425 g/mol. The largest absolute Gasteiger partial charge is 0.393 e. The molecule has 1 aromatic heterocycles. The van der Waals surface area contributed by atoms with Crippen LogP contribution < -0.4 is 0 Å². The van der Waals surface area contributed by atoms with Gasteiger partial charge in [-0.25, -0.2) is 0 Å². The quantitative estimate of drug-likeness (QED) is 0.468. The first kappa shape index (κ1) is 20.6. The van der Waals surface area contributed by atoms with E-state index >= 15 is 0 Å². The Morgan fingerprint density at radius 1 is 0.906 bits per heavy atom. The fourth-order valence-electron chi connectivity index (χ4n) is 4.39. The van der Waals surface area contributed by atoms with Crippen molar-refractivity contribution in [1.29, 1.82) is 0 Å². The molecule has 3 aromatic carbocycles. The van der Waals surface area contributed by atoms with Gasteiger partial charge in [-0.1, -0.05) is 65.8 Å². The number of likely N-dealkylation sites (tertiary alicyclic amines) is 1. The maximum Gasteiger partial charge on any atom is 0.258 e. The van der Waals surface area contributed by atoms with Gasteiger partial charge in [0.25, 0.3) is 5.89 Å². The van der Waals surface area contributed by atoms with Crippen LogP contribution in [0, 0.1) is 6.92 Å². The van der Waals surface area contributed by atoms with Crippen molar-refractivity contribution in [3.8, 4) is 34.0 Å². The molecule has 5 nitrogen and oxygen atoms in total. The van der Waals surface area contributed by atoms with E-state index in [0.29, 0.717) is 11.7 Å². The Morgan fingerprint density at radius 3 is 2.44 bits per heavy atom. The summed E-state index contributed by atoms with van der Waals surface area (Å²) in [4.78, 5) is 7.10. The van der Waals surface area contributed by atoms with Crippen LogP contribution in [0.4, 0.5) is 0 Å². The summed E-state index contributed by atoms with van der Waals surface area (Å²) in [6.45, 7) is 4.81. The third kappa shape index (κ3) is 4.35. The molecule has 2 heterocycles. The van der Waals surface area contributed by atoms with Crippen LogP contribution in [0.3, 0.4) is 0 Å². The Kier molecular flexibility index (Phi) is 5.84. The van der Waals surface area contributed by atoms with Crippen LogP contribution in [-0.2, 0) is 6.54 Å². The number of aliphatic hydroxyl groups is 1. The van der Waals surface area contributed by atoms with Crippen LogP contribution in [0.25, 0.3) is 34.0 Å². The smallest absolute Gasteiger partial charge is 0.258 e. The maximum absolute atomic E-state index is 9.73. The zero-order valence-corrected chi connectivity index (χ0v) is 18.2. The molecule has 0 unspecified atom stereocenters. The molecule has 4 aromatic rings. The van der Waals surface area contributed by atoms with E-state index in [2.05, 4.69) is 47.3 Å². The maximum atomic E-state index is 9.73. The molecule has 1 aliphatic heterocycles. The third-order valence-corrected chi connectivity index (χ3v) is 6.22. The van der Waals surface area contributed by atoms with Crippen molar-refractivity contribution in [3.05, 3.63) is 83.9 Å². The van der Waals surface area contributed by atoms with Crippen LogP contribution in [0.15, 0.2) is 77.3 Å². The second kappa shape index (κ2) is 9.07. The van der Waals surface area contributed by atoms with Gasteiger partial charge in [-0.3, -0.25) is 4.90 Å². The number of hydrogen-bond donors (Lipinski definition) is 1. The van der Waals surface area contributed by atoms with Gasteiger partial charge in [0.2, 0.25) is 5.82 Å². The molecule has 1 aliphatic rings. The van der Waals surface area contributed by atoms with Crippen LogP contribution >= 0.6 is 0 Å². The molecule has 1 saturated heterocycles. The number of aliphatic hydroxyl groups excluding tert-OH is 1. The molecular weight excluding hydrogens is 398 g/mol. The first-order chi connectivity index (χ1) is 15.7. The highest BCUT2D eigenvalue weighted by molar-refractivity contribution is 5.75.